The number of carbonyl (C=O) groups excluding carboxylic acids is 1. The largest absolute Gasteiger partial charge is 0.394 e. The second-order valence-corrected chi connectivity index (χ2v) is 4.80. The Morgan fingerprint density at radius 1 is 1.20 bits per heavy atom. The van der Waals surface area contributed by atoms with Gasteiger partial charge in [-0.2, -0.15) is 8.42 Å². The molecule has 1 rings (SSSR count). The fourth-order valence-corrected chi connectivity index (χ4v) is 1.49. The molecule has 1 fully saturated rings. The van der Waals surface area contributed by atoms with Crippen molar-refractivity contribution >= 4 is 16.3 Å². The molecule has 0 aromatic rings. The molecule has 0 aromatic carbocycles. The molecule has 120 valence electrons. The Bertz CT molecular complexity index is 403. The molecule has 20 heavy (non-hydrogen) atoms. The van der Waals surface area contributed by atoms with Crippen molar-refractivity contribution in [2.75, 3.05) is 6.61 Å². The van der Waals surface area contributed by atoms with E-state index in [2.05, 4.69) is 5.32 Å². The quantitative estimate of drug-likeness (QED) is 0.249. The van der Waals surface area contributed by atoms with Gasteiger partial charge in [0, 0.05) is 6.92 Å². The maximum Gasteiger partial charge on any atom is 0.394 e. The van der Waals surface area contributed by atoms with Gasteiger partial charge in [0.25, 0.3) is 0 Å². The van der Waals surface area contributed by atoms with Gasteiger partial charge in [-0.15, -0.1) is 0 Å². The summed E-state index contributed by atoms with van der Waals surface area (Å²) in [6, 6.07) is -1.10. The summed E-state index contributed by atoms with van der Waals surface area (Å²) >= 11 is 0. The minimum atomic E-state index is -4.67. The lowest BCUT2D eigenvalue weighted by molar-refractivity contribution is -0.253. The summed E-state index contributed by atoms with van der Waals surface area (Å²) in [6.07, 6.45) is -5.24. The van der Waals surface area contributed by atoms with Crippen LogP contribution in [0.15, 0.2) is 0 Å². The van der Waals surface area contributed by atoms with Crippen LogP contribution in [0.25, 0.3) is 0 Å². The van der Waals surface area contributed by atoms with Crippen LogP contribution in [-0.4, -0.2) is 81.1 Å². The lowest BCUT2D eigenvalue weighted by Gasteiger charge is -2.40. The van der Waals surface area contributed by atoms with Crippen molar-refractivity contribution in [2.24, 2.45) is 0 Å². The number of rotatable bonds is 2. The van der Waals surface area contributed by atoms with Crippen LogP contribution in [0.2, 0.25) is 0 Å². The van der Waals surface area contributed by atoms with Gasteiger partial charge >= 0.3 is 10.4 Å². The van der Waals surface area contributed by atoms with E-state index in [-0.39, 0.29) is 0 Å². The van der Waals surface area contributed by atoms with Crippen LogP contribution in [0, 0.1) is 0 Å². The Kier molecular flexibility index (Phi) is 7.46. The van der Waals surface area contributed by atoms with Gasteiger partial charge in [0.1, 0.15) is 24.4 Å². The monoisotopic (exact) mass is 319 g/mol. The van der Waals surface area contributed by atoms with Crippen LogP contribution in [0.3, 0.4) is 0 Å². The molecule has 1 unspecified atom stereocenters. The van der Waals surface area contributed by atoms with Crippen molar-refractivity contribution < 1.29 is 47.5 Å². The van der Waals surface area contributed by atoms with Gasteiger partial charge in [0.2, 0.25) is 5.91 Å². The lowest BCUT2D eigenvalue weighted by Crippen LogP contribution is -2.63. The number of hydrogen-bond donors (Lipinski definition) is 7. The Labute approximate surface area is 114 Å². The first kappa shape index (κ1) is 19.1. The van der Waals surface area contributed by atoms with Crippen LogP contribution >= 0.6 is 0 Å². The molecule has 1 heterocycles. The SMILES string of the molecule is CC(=O)N[C@H]1C(O)O[C@H](CO)[C@@H](O)[C@@H]1O.O=S(=O)(O)O. The normalized spacial score (nSPS) is 33.9. The molecular weight excluding hydrogens is 302 g/mol. The summed E-state index contributed by atoms with van der Waals surface area (Å²) in [5.41, 5.74) is 0. The van der Waals surface area contributed by atoms with E-state index in [0.29, 0.717) is 0 Å². The second-order valence-electron chi connectivity index (χ2n) is 3.90. The molecule has 1 aliphatic heterocycles. The Hall–Kier alpha value is -0.860. The highest BCUT2D eigenvalue weighted by Gasteiger charge is 2.43. The molecule has 0 saturated carbocycles. The van der Waals surface area contributed by atoms with E-state index < -0.39 is 53.6 Å². The number of aliphatic hydroxyl groups is 4. The standard InChI is InChI=1S/C8H15NO6.H2O4S/c1-3(11)9-5-7(13)6(12)4(2-10)15-8(5)14;1-5(2,3)4/h4-8,10,12-14H,2H2,1H3,(H,9,11);(H2,1,2,3,4)/t4-,5-,6-,7-,8?;/m1./s1. The lowest BCUT2D eigenvalue weighted by atomic mass is 9.97. The van der Waals surface area contributed by atoms with Crippen LogP contribution in [0.5, 0.6) is 0 Å². The maximum atomic E-state index is 10.7. The van der Waals surface area contributed by atoms with Crippen molar-refractivity contribution in [3.8, 4) is 0 Å². The zero-order chi connectivity index (χ0) is 16.1. The number of carbonyl (C=O) groups is 1. The van der Waals surface area contributed by atoms with E-state index in [9.17, 15) is 20.1 Å². The number of nitrogens with one attached hydrogen (secondary N) is 1. The number of amides is 1. The zero-order valence-electron chi connectivity index (χ0n) is 10.3. The molecule has 0 spiro atoms. The summed E-state index contributed by atoms with van der Waals surface area (Å²) in [4.78, 5) is 10.7. The van der Waals surface area contributed by atoms with Crippen LogP contribution in [0.1, 0.15) is 6.92 Å². The third kappa shape index (κ3) is 7.06. The van der Waals surface area contributed by atoms with E-state index in [1.165, 1.54) is 6.92 Å². The van der Waals surface area contributed by atoms with Gasteiger partial charge in [-0.3, -0.25) is 13.9 Å². The molecule has 1 amide bonds. The second kappa shape index (κ2) is 7.80. The Morgan fingerprint density at radius 3 is 2.00 bits per heavy atom. The van der Waals surface area contributed by atoms with Crippen molar-refractivity contribution in [3.05, 3.63) is 0 Å². The van der Waals surface area contributed by atoms with Crippen molar-refractivity contribution in [3.63, 3.8) is 0 Å². The van der Waals surface area contributed by atoms with E-state index in [4.69, 9.17) is 27.4 Å². The highest BCUT2D eigenvalue weighted by molar-refractivity contribution is 7.79. The fourth-order valence-electron chi connectivity index (χ4n) is 1.49. The number of ether oxygens (including phenoxy) is 1. The highest BCUT2D eigenvalue weighted by atomic mass is 32.3. The van der Waals surface area contributed by atoms with Gasteiger partial charge in [0.05, 0.1) is 6.61 Å². The molecule has 0 radical (unpaired) electrons. The van der Waals surface area contributed by atoms with Gasteiger partial charge in [-0.25, -0.2) is 0 Å². The van der Waals surface area contributed by atoms with Crippen molar-refractivity contribution in [2.45, 2.75) is 37.6 Å². The van der Waals surface area contributed by atoms with Gasteiger partial charge in [0.15, 0.2) is 6.29 Å². The molecule has 0 bridgehead atoms. The summed E-state index contributed by atoms with van der Waals surface area (Å²) in [5.74, 6) is -0.462. The highest BCUT2D eigenvalue weighted by Crippen LogP contribution is 2.19. The molecule has 0 aliphatic carbocycles. The van der Waals surface area contributed by atoms with E-state index in [1.807, 2.05) is 0 Å². The fraction of sp³-hybridized carbons (Fsp3) is 0.875. The van der Waals surface area contributed by atoms with E-state index in [0.717, 1.165) is 0 Å². The smallest absolute Gasteiger partial charge is 0.394 e. The first-order valence-electron chi connectivity index (χ1n) is 5.25. The summed E-state index contributed by atoms with van der Waals surface area (Å²) < 4.78 is 36.4. The number of aliphatic hydroxyl groups excluding tert-OH is 4. The average molecular weight is 319 g/mol. The van der Waals surface area contributed by atoms with Crippen molar-refractivity contribution in [1.29, 1.82) is 0 Å². The minimum Gasteiger partial charge on any atom is -0.394 e. The molecule has 7 N–H and O–H groups in total. The minimum absolute atomic E-state index is 0.462. The van der Waals surface area contributed by atoms with Crippen LogP contribution < -0.4 is 5.32 Å². The molecule has 1 aliphatic rings. The Morgan fingerprint density at radius 2 is 1.65 bits per heavy atom. The number of hydrogen-bond acceptors (Lipinski definition) is 8. The zero-order valence-corrected chi connectivity index (χ0v) is 11.1. The van der Waals surface area contributed by atoms with Crippen LogP contribution in [0.4, 0.5) is 0 Å². The Balaban J connectivity index is 0.000000621. The molecule has 5 atom stereocenters. The first-order valence-corrected chi connectivity index (χ1v) is 6.64. The first-order chi connectivity index (χ1) is 8.97. The van der Waals surface area contributed by atoms with Gasteiger partial charge < -0.3 is 30.5 Å². The summed E-state index contributed by atoms with van der Waals surface area (Å²) in [7, 11) is -4.67. The molecule has 11 nitrogen and oxygen atoms in total. The molecular formula is C8H17NO10S. The van der Waals surface area contributed by atoms with E-state index in [1.54, 1.807) is 0 Å². The summed E-state index contributed by atoms with van der Waals surface area (Å²) in [5, 5.41) is 39.4. The van der Waals surface area contributed by atoms with Crippen molar-refractivity contribution in [1.82, 2.24) is 5.32 Å². The molecule has 1 saturated heterocycles. The van der Waals surface area contributed by atoms with Gasteiger partial charge in [-0.05, 0) is 0 Å². The van der Waals surface area contributed by atoms with Crippen LogP contribution in [-0.2, 0) is 19.9 Å². The topological polar surface area (TPSA) is 194 Å². The predicted molar refractivity (Wildman–Crippen MR) is 61.8 cm³/mol. The van der Waals surface area contributed by atoms with E-state index >= 15 is 0 Å². The maximum absolute atomic E-state index is 10.7. The molecule has 12 heteroatoms. The summed E-state index contributed by atoms with van der Waals surface area (Å²) in [6.45, 7) is 0.687. The third-order valence-electron chi connectivity index (χ3n) is 2.27. The predicted octanol–water partition coefficient (Wildman–Crippen LogP) is -3.73. The van der Waals surface area contributed by atoms with Gasteiger partial charge in [-0.1, -0.05) is 0 Å². The average Bonchev–Trinajstić information content (AvgIpc) is 2.27. The third-order valence-corrected chi connectivity index (χ3v) is 2.27. The molecule has 0 aromatic heterocycles.